The number of hydrogen-bond acceptors (Lipinski definition) is 3. The summed E-state index contributed by atoms with van der Waals surface area (Å²) in [5, 5.41) is 18.2. The Hall–Kier alpha value is -4.32. The summed E-state index contributed by atoms with van der Waals surface area (Å²) in [6.07, 6.45) is -2.57. The van der Waals surface area contributed by atoms with E-state index in [4.69, 9.17) is 15.3 Å². The molecule has 4 aromatic carbocycles. The van der Waals surface area contributed by atoms with Crippen LogP contribution in [0.1, 0.15) is 59.8 Å². The monoisotopic (exact) mass is 506 g/mol. The first-order valence-electron chi connectivity index (χ1n) is 12.6. The standard InChI is InChI=1S/C33H28F2N2O/c1-3-23(2)20-24-4-10-27(11-5-24)28-16-18-31(19-17-28)33(34,35)38-32(29-12-6-25(21-36)7-13-29)30-14-8-26(22-37)9-15-30/h4-19,23,32H,3,20H2,1-2H3. The molecule has 0 aliphatic rings. The lowest BCUT2D eigenvalue weighted by atomic mass is 9.96. The van der Waals surface area contributed by atoms with Crippen LogP contribution in [-0.4, -0.2) is 0 Å². The number of nitriles is 2. The Morgan fingerprint density at radius 3 is 1.58 bits per heavy atom. The predicted octanol–water partition coefficient (Wildman–Crippen LogP) is 8.54. The normalized spacial score (nSPS) is 12.1. The molecule has 0 fully saturated rings. The van der Waals surface area contributed by atoms with Crippen molar-refractivity contribution in [3.8, 4) is 23.3 Å². The van der Waals surface area contributed by atoms with Crippen LogP contribution in [-0.2, 0) is 17.3 Å². The minimum absolute atomic E-state index is 0.262. The molecule has 0 N–H and O–H groups in total. The summed E-state index contributed by atoms with van der Waals surface area (Å²) < 4.78 is 36.4. The van der Waals surface area contributed by atoms with Crippen molar-refractivity contribution in [2.45, 2.75) is 38.9 Å². The molecule has 1 atom stereocenters. The van der Waals surface area contributed by atoms with E-state index in [1.165, 1.54) is 17.7 Å². The van der Waals surface area contributed by atoms with Gasteiger partial charge < -0.3 is 4.74 Å². The number of rotatable bonds is 9. The van der Waals surface area contributed by atoms with Gasteiger partial charge in [0.25, 0.3) is 0 Å². The molecule has 5 heteroatoms. The third-order valence-corrected chi connectivity index (χ3v) is 6.74. The van der Waals surface area contributed by atoms with Crippen molar-refractivity contribution in [2.75, 3.05) is 0 Å². The molecule has 0 saturated heterocycles. The zero-order valence-electron chi connectivity index (χ0n) is 21.4. The van der Waals surface area contributed by atoms with Gasteiger partial charge in [0.05, 0.1) is 28.8 Å². The van der Waals surface area contributed by atoms with Crippen molar-refractivity contribution in [1.82, 2.24) is 0 Å². The van der Waals surface area contributed by atoms with Crippen molar-refractivity contribution in [1.29, 1.82) is 10.5 Å². The van der Waals surface area contributed by atoms with Crippen molar-refractivity contribution in [3.63, 3.8) is 0 Å². The van der Waals surface area contributed by atoms with Crippen LogP contribution in [0.15, 0.2) is 97.1 Å². The maximum Gasteiger partial charge on any atom is 0.384 e. The van der Waals surface area contributed by atoms with Gasteiger partial charge in [0.1, 0.15) is 6.10 Å². The highest BCUT2D eigenvalue weighted by atomic mass is 19.3. The molecule has 0 aromatic heterocycles. The zero-order chi connectivity index (χ0) is 27.1. The van der Waals surface area contributed by atoms with Crippen LogP contribution >= 0.6 is 0 Å². The van der Waals surface area contributed by atoms with E-state index in [1.54, 1.807) is 60.7 Å². The summed E-state index contributed by atoms with van der Waals surface area (Å²) in [4.78, 5) is 0. The second-order valence-corrected chi connectivity index (χ2v) is 9.47. The molecular weight excluding hydrogens is 478 g/mol. The molecule has 1 unspecified atom stereocenters. The molecule has 3 nitrogen and oxygen atoms in total. The molecule has 4 aromatic rings. The van der Waals surface area contributed by atoms with E-state index < -0.39 is 12.2 Å². The predicted molar refractivity (Wildman–Crippen MR) is 144 cm³/mol. The van der Waals surface area contributed by atoms with Gasteiger partial charge in [-0.1, -0.05) is 80.9 Å². The van der Waals surface area contributed by atoms with Gasteiger partial charge in [-0.25, -0.2) is 0 Å². The van der Waals surface area contributed by atoms with Crippen LogP contribution in [0.5, 0.6) is 0 Å². The SMILES string of the molecule is CCC(C)Cc1ccc(-c2ccc(C(F)(F)OC(c3ccc(C#N)cc3)c3ccc(C#N)cc3)cc2)cc1. The molecule has 4 rings (SSSR count). The minimum atomic E-state index is -3.59. The highest BCUT2D eigenvalue weighted by Gasteiger charge is 2.37. The molecular formula is C33H28F2N2O. The molecule has 0 saturated carbocycles. The Morgan fingerprint density at radius 2 is 1.16 bits per heavy atom. The fourth-order valence-corrected chi connectivity index (χ4v) is 4.25. The minimum Gasteiger partial charge on any atom is -0.303 e. The average Bonchev–Trinajstić information content (AvgIpc) is 2.96. The summed E-state index contributed by atoms with van der Waals surface area (Å²) in [5.41, 5.74) is 4.59. The zero-order valence-corrected chi connectivity index (χ0v) is 21.4. The topological polar surface area (TPSA) is 56.8 Å². The maximum atomic E-state index is 15.5. The quantitative estimate of drug-likeness (QED) is 0.229. The Bertz CT molecular complexity index is 1370. The summed E-state index contributed by atoms with van der Waals surface area (Å²) in [7, 11) is 0. The Labute approximate surface area is 222 Å². The number of nitrogens with zero attached hydrogens (tertiary/aromatic N) is 2. The van der Waals surface area contributed by atoms with Crippen molar-refractivity contribution in [3.05, 3.63) is 130 Å². The molecule has 190 valence electrons. The van der Waals surface area contributed by atoms with Crippen LogP contribution in [0, 0.1) is 28.6 Å². The van der Waals surface area contributed by atoms with Crippen molar-refractivity contribution in [2.24, 2.45) is 5.92 Å². The first-order valence-corrected chi connectivity index (χ1v) is 12.6. The van der Waals surface area contributed by atoms with Gasteiger partial charge in [0.2, 0.25) is 0 Å². The second kappa shape index (κ2) is 11.8. The van der Waals surface area contributed by atoms with Gasteiger partial charge in [-0.3, -0.25) is 0 Å². The summed E-state index contributed by atoms with van der Waals surface area (Å²) in [5.74, 6) is 0.611. The van der Waals surface area contributed by atoms with Crippen LogP contribution in [0.2, 0.25) is 0 Å². The summed E-state index contributed by atoms with van der Waals surface area (Å²) in [6, 6.07) is 31.1. The lowest BCUT2D eigenvalue weighted by Gasteiger charge is -2.25. The maximum absolute atomic E-state index is 15.5. The average molecular weight is 507 g/mol. The Balaban J connectivity index is 1.58. The third kappa shape index (κ3) is 6.32. The molecule has 0 aliphatic heterocycles. The smallest absolute Gasteiger partial charge is 0.303 e. The molecule has 0 amide bonds. The van der Waals surface area contributed by atoms with Crippen LogP contribution in [0.25, 0.3) is 11.1 Å². The lowest BCUT2D eigenvalue weighted by molar-refractivity contribution is -0.267. The molecule has 0 heterocycles. The Kier molecular flexibility index (Phi) is 8.31. The van der Waals surface area contributed by atoms with Gasteiger partial charge in [-0.15, -0.1) is 0 Å². The fraction of sp³-hybridized carbons (Fsp3) is 0.212. The first-order chi connectivity index (χ1) is 18.3. The van der Waals surface area contributed by atoms with E-state index in [-0.39, 0.29) is 5.56 Å². The fourth-order valence-electron chi connectivity index (χ4n) is 4.25. The highest BCUT2D eigenvalue weighted by molar-refractivity contribution is 5.64. The molecule has 0 radical (unpaired) electrons. The van der Waals surface area contributed by atoms with Gasteiger partial charge in [0.15, 0.2) is 0 Å². The van der Waals surface area contributed by atoms with Gasteiger partial charge >= 0.3 is 6.11 Å². The van der Waals surface area contributed by atoms with Crippen LogP contribution in [0.4, 0.5) is 8.78 Å². The van der Waals surface area contributed by atoms with E-state index >= 15 is 8.78 Å². The number of alkyl halides is 2. The van der Waals surface area contributed by atoms with Crippen molar-refractivity contribution < 1.29 is 13.5 Å². The number of halogens is 2. The molecule has 0 spiro atoms. The van der Waals surface area contributed by atoms with E-state index in [0.717, 1.165) is 24.0 Å². The van der Waals surface area contributed by atoms with Crippen LogP contribution in [0.3, 0.4) is 0 Å². The summed E-state index contributed by atoms with van der Waals surface area (Å²) in [6.45, 7) is 4.40. The molecule has 38 heavy (non-hydrogen) atoms. The van der Waals surface area contributed by atoms with Gasteiger partial charge in [0, 0.05) is 0 Å². The van der Waals surface area contributed by atoms with Gasteiger partial charge in [-0.2, -0.15) is 19.3 Å². The molecule has 0 aliphatic carbocycles. The lowest BCUT2D eigenvalue weighted by Crippen LogP contribution is -2.22. The molecule has 0 bridgehead atoms. The Morgan fingerprint density at radius 1 is 0.711 bits per heavy atom. The van der Waals surface area contributed by atoms with E-state index in [2.05, 4.69) is 26.0 Å². The largest absolute Gasteiger partial charge is 0.384 e. The van der Waals surface area contributed by atoms with E-state index in [1.807, 2.05) is 24.3 Å². The van der Waals surface area contributed by atoms with Crippen molar-refractivity contribution >= 4 is 0 Å². The van der Waals surface area contributed by atoms with E-state index in [0.29, 0.717) is 28.2 Å². The second-order valence-electron chi connectivity index (χ2n) is 9.47. The van der Waals surface area contributed by atoms with Gasteiger partial charge in [-0.05, 0) is 76.6 Å². The number of ether oxygens (including phenoxy) is 1. The van der Waals surface area contributed by atoms with E-state index in [9.17, 15) is 0 Å². The number of hydrogen-bond donors (Lipinski definition) is 0. The highest BCUT2D eigenvalue weighted by Crippen LogP contribution is 2.39. The third-order valence-electron chi connectivity index (χ3n) is 6.74. The first kappa shape index (κ1) is 26.7. The van der Waals surface area contributed by atoms with Crippen LogP contribution < -0.4 is 0 Å². The number of benzene rings is 4. The summed E-state index contributed by atoms with van der Waals surface area (Å²) >= 11 is 0.